The Balaban J connectivity index is 1.51. The van der Waals surface area contributed by atoms with Gasteiger partial charge in [0.1, 0.15) is 5.82 Å². The van der Waals surface area contributed by atoms with E-state index in [4.69, 9.17) is 0 Å². The molecule has 3 aromatic rings. The van der Waals surface area contributed by atoms with Crippen molar-refractivity contribution >= 4 is 42.6 Å². The van der Waals surface area contributed by atoms with Gasteiger partial charge in [-0.3, -0.25) is 10.1 Å². The van der Waals surface area contributed by atoms with Crippen LogP contribution in [0.5, 0.6) is 0 Å². The van der Waals surface area contributed by atoms with Crippen molar-refractivity contribution in [2.75, 3.05) is 18.4 Å². The topological polar surface area (TPSA) is 79.4 Å². The van der Waals surface area contributed by atoms with Gasteiger partial charge in [0.2, 0.25) is 10.0 Å². The zero-order chi connectivity index (χ0) is 19.0. The number of nitrogens with one attached hydrogen (secondary N) is 1. The van der Waals surface area contributed by atoms with Crippen molar-refractivity contribution in [3.8, 4) is 0 Å². The maximum Gasteiger partial charge on any atom is 0.257 e. The predicted octanol–water partition coefficient (Wildman–Crippen LogP) is 3.47. The molecule has 27 heavy (non-hydrogen) atoms. The molecular weight excluding hydrogens is 389 g/mol. The molecule has 9 heteroatoms. The first-order chi connectivity index (χ1) is 12.9. The first kappa shape index (κ1) is 18.0. The predicted molar refractivity (Wildman–Crippen MR) is 102 cm³/mol. The molecule has 1 saturated heterocycles. The minimum atomic E-state index is -3.51. The number of fused-ring (bicyclic) bond motifs is 1. The Kier molecular flexibility index (Phi) is 4.67. The fraction of sp³-hybridized carbons (Fsp3) is 0.222. The first-order valence-electron chi connectivity index (χ1n) is 8.41. The average molecular weight is 405 g/mol. The Labute approximate surface area is 159 Å². The summed E-state index contributed by atoms with van der Waals surface area (Å²) in [5.41, 5.74) is 0.921. The Morgan fingerprint density at radius 3 is 2.52 bits per heavy atom. The van der Waals surface area contributed by atoms with Crippen molar-refractivity contribution in [2.45, 2.75) is 17.7 Å². The van der Waals surface area contributed by atoms with Crippen molar-refractivity contribution in [3.05, 3.63) is 53.8 Å². The second kappa shape index (κ2) is 6.99. The van der Waals surface area contributed by atoms with Gasteiger partial charge < -0.3 is 0 Å². The third kappa shape index (κ3) is 3.58. The van der Waals surface area contributed by atoms with Crippen LogP contribution < -0.4 is 5.32 Å². The number of anilines is 1. The average Bonchev–Trinajstić information content (AvgIpc) is 3.31. The van der Waals surface area contributed by atoms with E-state index >= 15 is 0 Å². The van der Waals surface area contributed by atoms with Crippen molar-refractivity contribution in [1.29, 1.82) is 0 Å². The summed E-state index contributed by atoms with van der Waals surface area (Å²) in [6.07, 6.45) is 1.73. The van der Waals surface area contributed by atoms with E-state index in [9.17, 15) is 17.6 Å². The monoisotopic (exact) mass is 405 g/mol. The lowest BCUT2D eigenvalue weighted by Gasteiger charge is -2.15. The van der Waals surface area contributed by atoms with E-state index in [-0.39, 0.29) is 10.7 Å². The van der Waals surface area contributed by atoms with Gasteiger partial charge in [0, 0.05) is 18.7 Å². The van der Waals surface area contributed by atoms with Crippen LogP contribution >= 0.6 is 11.3 Å². The maximum absolute atomic E-state index is 13.3. The minimum Gasteiger partial charge on any atom is -0.298 e. The standard InChI is InChI=1S/C18H16FN3O3S2/c19-13-5-8-15-16(11-13)26-18(20-15)21-17(23)12-3-6-14(7-4-12)27(24,25)22-9-1-2-10-22/h3-8,11H,1-2,9-10H2,(H,20,21,23). The van der Waals surface area contributed by atoms with Gasteiger partial charge in [-0.2, -0.15) is 4.31 Å². The third-order valence-electron chi connectivity index (χ3n) is 4.39. The normalized spacial score (nSPS) is 15.3. The van der Waals surface area contributed by atoms with Crippen LogP contribution in [0.25, 0.3) is 10.2 Å². The first-order valence-corrected chi connectivity index (χ1v) is 10.7. The number of carbonyl (C=O) groups is 1. The van der Waals surface area contributed by atoms with E-state index in [1.807, 2.05) is 0 Å². The Morgan fingerprint density at radius 1 is 1.11 bits per heavy atom. The molecule has 1 aromatic heterocycles. The number of amides is 1. The van der Waals surface area contributed by atoms with Gasteiger partial charge in [-0.05, 0) is 55.3 Å². The number of sulfonamides is 1. The van der Waals surface area contributed by atoms with Gasteiger partial charge in [-0.15, -0.1) is 0 Å². The van der Waals surface area contributed by atoms with Crippen LogP contribution in [-0.2, 0) is 10.0 Å². The molecule has 1 aliphatic rings. The summed E-state index contributed by atoms with van der Waals surface area (Å²) in [7, 11) is -3.51. The van der Waals surface area contributed by atoms with E-state index < -0.39 is 15.9 Å². The fourth-order valence-electron chi connectivity index (χ4n) is 2.98. The molecule has 0 saturated carbocycles. The fourth-order valence-corrected chi connectivity index (χ4v) is 5.38. The SMILES string of the molecule is O=C(Nc1nc2ccc(F)cc2s1)c1ccc(S(=O)(=O)N2CCCC2)cc1. The highest BCUT2D eigenvalue weighted by Gasteiger charge is 2.27. The number of halogens is 1. The lowest BCUT2D eigenvalue weighted by molar-refractivity contribution is 0.102. The molecule has 1 N–H and O–H groups in total. The Bertz CT molecular complexity index is 1100. The summed E-state index contributed by atoms with van der Waals surface area (Å²) in [5, 5.41) is 3.02. The summed E-state index contributed by atoms with van der Waals surface area (Å²) in [6, 6.07) is 10.1. The van der Waals surface area contributed by atoms with Crippen LogP contribution in [0.15, 0.2) is 47.4 Å². The molecule has 6 nitrogen and oxygen atoms in total. The van der Waals surface area contributed by atoms with Gasteiger partial charge in [0.15, 0.2) is 5.13 Å². The second-order valence-electron chi connectivity index (χ2n) is 6.22. The van der Waals surface area contributed by atoms with Crippen LogP contribution in [0.2, 0.25) is 0 Å². The summed E-state index contributed by atoms with van der Waals surface area (Å²) in [6.45, 7) is 1.06. The number of rotatable bonds is 4. The molecule has 1 fully saturated rings. The number of carbonyl (C=O) groups excluding carboxylic acids is 1. The number of aromatic nitrogens is 1. The molecule has 2 heterocycles. The highest BCUT2D eigenvalue weighted by atomic mass is 32.2. The summed E-state index contributed by atoms with van der Waals surface area (Å²) >= 11 is 1.17. The van der Waals surface area contributed by atoms with Crippen LogP contribution in [0.1, 0.15) is 23.2 Å². The van der Waals surface area contributed by atoms with E-state index in [0.717, 1.165) is 12.8 Å². The van der Waals surface area contributed by atoms with E-state index in [0.29, 0.717) is 34.0 Å². The van der Waals surface area contributed by atoms with Crippen LogP contribution in [0.3, 0.4) is 0 Å². The maximum atomic E-state index is 13.3. The van der Waals surface area contributed by atoms with Gasteiger partial charge in [0.05, 0.1) is 15.1 Å². The summed E-state index contributed by atoms with van der Waals surface area (Å²) < 4.78 is 40.4. The van der Waals surface area contributed by atoms with Crippen LogP contribution in [-0.4, -0.2) is 36.7 Å². The molecule has 0 unspecified atom stereocenters. The van der Waals surface area contributed by atoms with Gasteiger partial charge >= 0.3 is 0 Å². The zero-order valence-corrected chi connectivity index (χ0v) is 15.8. The van der Waals surface area contributed by atoms with Crippen molar-refractivity contribution in [2.24, 2.45) is 0 Å². The summed E-state index contributed by atoms with van der Waals surface area (Å²) in [4.78, 5) is 16.8. The van der Waals surface area contributed by atoms with Crippen LogP contribution in [0, 0.1) is 5.82 Å². The number of hydrogen-bond acceptors (Lipinski definition) is 5. The van der Waals surface area contributed by atoms with Crippen molar-refractivity contribution in [1.82, 2.24) is 9.29 Å². The molecule has 1 amide bonds. The number of benzene rings is 2. The van der Waals surface area contributed by atoms with E-state index in [1.165, 1.54) is 52.0 Å². The quantitative estimate of drug-likeness (QED) is 0.721. The number of thiazole rings is 1. The lowest BCUT2D eigenvalue weighted by atomic mass is 10.2. The molecule has 1 aliphatic heterocycles. The van der Waals surface area contributed by atoms with Gasteiger partial charge in [-0.1, -0.05) is 11.3 Å². The Morgan fingerprint density at radius 2 is 1.81 bits per heavy atom. The van der Waals surface area contributed by atoms with Gasteiger partial charge in [-0.25, -0.2) is 17.8 Å². The molecule has 0 aliphatic carbocycles. The highest BCUT2D eigenvalue weighted by Crippen LogP contribution is 2.27. The van der Waals surface area contributed by atoms with E-state index in [1.54, 1.807) is 6.07 Å². The smallest absolute Gasteiger partial charge is 0.257 e. The van der Waals surface area contributed by atoms with Crippen molar-refractivity contribution in [3.63, 3.8) is 0 Å². The summed E-state index contributed by atoms with van der Waals surface area (Å²) in [5.74, 6) is -0.765. The third-order valence-corrected chi connectivity index (χ3v) is 7.24. The minimum absolute atomic E-state index is 0.177. The number of hydrogen-bond donors (Lipinski definition) is 1. The molecule has 0 atom stereocenters. The Hall–Kier alpha value is -2.36. The van der Waals surface area contributed by atoms with Gasteiger partial charge in [0.25, 0.3) is 5.91 Å². The van der Waals surface area contributed by atoms with E-state index in [2.05, 4.69) is 10.3 Å². The van der Waals surface area contributed by atoms with Crippen LogP contribution in [0.4, 0.5) is 9.52 Å². The highest BCUT2D eigenvalue weighted by molar-refractivity contribution is 7.89. The number of nitrogens with zero attached hydrogens (tertiary/aromatic N) is 2. The molecule has 4 rings (SSSR count). The largest absolute Gasteiger partial charge is 0.298 e. The molecule has 2 aromatic carbocycles. The zero-order valence-electron chi connectivity index (χ0n) is 14.2. The second-order valence-corrected chi connectivity index (χ2v) is 9.19. The molecule has 140 valence electrons. The molecule has 0 bridgehead atoms. The molecule has 0 spiro atoms. The lowest BCUT2D eigenvalue weighted by Crippen LogP contribution is -2.27. The molecular formula is C18H16FN3O3S2. The van der Waals surface area contributed by atoms with Crippen molar-refractivity contribution < 1.29 is 17.6 Å². The molecule has 0 radical (unpaired) electrons.